The van der Waals surface area contributed by atoms with Gasteiger partial charge in [0.05, 0.1) is 0 Å². The number of hydrogen-bond acceptors (Lipinski definition) is 2. The largest absolute Gasteiger partial charge is 0.356 e. The minimum atomic E-state index is 0. The van der Waals surface area contributed by atoms with E-state index in [-0.39, 0.29) is 24.0 Å². The number of halogens is 1. The lowest BCUT2D eigenvalue weighted by molar-refractivity contribution is 0.296. The van der Waals surface area contributed by atoms with Gasteiger partial charge in [-0.25, -0.2) is 0 Å². The van der Waals surface area contributed by atoms with Crippen molar-refractivity contribution in [3.63, 3.8) is 0 Å². The maximum atomic E-state index is 4.50. The summed E-state index contributed by atoms with van der Waals surface area (Å²) in [5.41, 5.74) is 0. The first kappa shape index (κ1) is 24.0. The van der Waals surface area contributed by atoms with Crippen molar-refractivity contribution in [3.05, 3.63) is 0 Å². The molecule has 144 valence electrons. The zero-order chi connectivity index (χ0) is 17.1. The van der Waals surface area contributed by atoms with Crippen molar-refractivity contribution < 1.29 is 0 Å². The van der Waals surface area contributed by atoms with E-state index in [4.69, 9.17) is 0 Å². The van der Waals surface area contributed by atoms with Crippen molar-refractivity contribution in [1.82, 2.24) is 15.1 Å². The Hall–Kier alpha value is -0.0400. The molecule has 4 nitrogen and oxygen atoms in total. The van der Waals surface area contributed by atoms with E-state index >= 15 is 0 Å². The average Bonchev–Trinajstić information content (AvgIpc) is 3.05. The minimum absolute atomic E-state index is 0. The zero-order valence-electron chi connectivity index (χ0n) is 16.7. The molecule has 0 amide bonds. The molecule has 24 heavy (non-hydrogen) atoms. The lowest BCUT2D eigenvalue weighted by Gasteiger charge is -2.24. The second-order valence-electron chi connectivity index (χ2n) is 6.78. The lowest BCUT2D eigenvalue weighted by atomic mass is 9.87. The Balaban J connectivity index is 0.00000529. The Bertz CT molecular complexity index is 327. The molecule has 1 rings (SSSR count). The molecule has 0 bridgehead atoms. The van der Waals surface area contributed by atoms with Gasteiger partial charge in [0.1, 0.15) is 0 Å². The minimum Gasteiger partial charge on any atom is -0.356 e. The highest BCUT2D eigenvalue weighted by Gasteiger charge is 2.29. The van der Waals surface area contributed by atoms with Gasteiger partial charge in [0, 0.05) is 26.7 Å². The maximum Gasteiger partial charge on any atom is 0.193 e. The third-order valence-electron chi connectivity index (χ3n) is 5.53. The Kier molecular flexibility index (Phi) is 14.1. The first-order valence-electron chi connectivity index (χ1n) is 9.87. The van der Waals surface area contributed by atoms with E-state index < -0.39 is 0 Å². The molecule has 0 aromatic heterocycles. The van der Waals surface area contributed by atoms with Gasteiger partial charge in [0.25, 0.3) is 0 Å². The molecule has 5 heteroatoms. The highest BCUT2D eigenvalue weighted by atomic mass is 127. The highest BCUT2D eigenvalue weighted by molar-refractivity contribution is 14.0. The van der Waals surface area contributed by atoms with E-state index in [0.717, 1.165) is 37.4 Å². The van der Waals surface area contributed by atoms with E-state index in [9.17, 15) is 0 Å². The summed E-state index contributed by atoms with van der Waals surface area (Å²) in [7, 11) is 1.92. The van der Waals surface area contributed by atoms with Crippen LogP contribution in [-0.2, 0) is 0 Å². The van der Waals surface area contributed by atoms with Crippen LogP contribution >= 0.6 is 24.0 Å². The van der Waals surface area contributed by atoms with Gasteiger partial charge in [-0.1, -0.05) is 40.5 Å². The molecule has 1 aliphatic rings. The number of unbranched alkanes of at least 4 members (excludes halogenated alkanes) is 1. The fourth-order valence-corrected chi connectivity index (χ4v) is 3.85. The number of nitrogens with one attached hydrogen (secondary N) is 1. The molecular weight excluding hydrogens is 411 g/mol. The molecule has 1 fully saturated rings. The molecule has 1 atom stereocenters. The van der Waals surface area contributed by atoms with E-state index in [1.807, 2.05) is 7.05 Å². The number of nitrogens with zero attached hydrogens (tertiary/aromatic N) is 3. The van der Waals surface area contributed by atoms with Crippen LogP contribution in [0.3, 0.4) is 0 Å². The summed E-state index contributed by atoms with van der Waals surface area (Å²) < 4.78 is 0. The molecular formula is C19H41IN4. The summed E-state index contributed by atoms with van der Waals surface area (Å²) >= 11 is 0. The fourth-order valence-electron chi connectivity index (χ4n) is 3.85. The van der Waals surface area contributed by atoms with E-state index in [2.05, 4.69) is 47.8 Å². The molecule has 1 unspecified atom stereocenters. The van der Waals surface area contributed by atoms with Crippen LogP contribution in [0.2, 0.25) is 0 Å². The first-order chi connectivity index (χ1) is 11.2. The second kappa shape index (κ2) is 14.2. The summed E-state index contributed by atoms with van der Waals surface area (Å²) in [5.74, 6) is 2.85. The number of aliphatic imine (C=N–C) groups is 1. The number of rotatable bonds is 10. The number of guanidine groups is 1. The Labute approximate surface area is 167 Å². The van der Waals surface area contributed by atoms with Gasteiger partial charge >= 0.3 is 0 Å². The predicted octanol–water partition coefficient (Wildman–Crippen LogP) is 4.06. The SMILES string of the molecule is CCC(CC)C1CCN(C(=NC)NCCCCN(CC)CC)C1.I. The summed E-state index contributed by atoms with van der Waals surface area (Å²) in [4.78, 5) is 9.46. The topological polar surface area (TPSA) is 30.9 Å². The third kappa shape index (κ3) is 7.89. The summed E-state index contributed by atoms with van der Waals surface area (Å²) in [5, 5.41) is 3.57. The van der Waals surface area contributed by atoms with Crippen LogP contribution in [0.5, 0.6) is 0 Å². The quantitative estimate of drug-likeness (QED) is 0.235. The molecule has 1 aliphatic heterocycles. The Morgan fingerprint density at radius 3 is 2.38 bits per heavy atom. The molecule has 0 radical (unpaired) electrons. The molecule has 0 aromatic rings. The maximum absolute atomic E-state index is 4.50. The number of hydrogen-bond donors (Lipinski definition) is 1. The van der Waals surface area contributed by atoms with Crippen LogP contribution in [0.4, 0.5) is 0 Å². The van der Waals surface area contributed by atoms with Crippen LogP contribution in [0.15, 0.2) is 4.99 Å². The number of likely N-dealkylation sites (tertiary alicyclic amines) is 1. The van der Waals surface area contributed by atoms with Crippen molar-refractivity contribution in [2.75, 3.05) is 46.3 Å². The van der Waals surface area contributed by atoms with Crippen LogP contribution in [-0.4, -0.2) is 62.1 Å². The molecule has 0 aromatic carbocycles. The first-order valence-corrected chi connectivity index (χ1v) is 9.87. The van der Waals surface area contributed by atoms with Crippen LogP contribution in [0.25, 0.3) is 0 Å². The van der Waals surface area contributed by atoms with Crippen molar-refractivity contribution in [2.24, 2.45) is 16.8 Å². The lowest BCUT2D eigenvalue weighted by Crippen LogP contribution is -2.40. The fraction of sp³-hybridized carbons (Fsp3) is 0.947. The van der Waals surface area contributed by atoms with Crippen molar-refractivity contribution in [3.8, 4) is 0 Å². The van der Waals surface area contributed by atoms with Gasteiger partial charge in [-0.05, 0) is 50.7 Å². The second-order valence-corrected chi connectivity index (χ2v) is 6.78. The Morgan fingerprint density at radius 1 is 1.17 bits per heavy atom. The van der Waals surface area contributed by atoms with Crippen molar-refractivity contribution >= 4 is 29.9 Å². The molecule has 1 heterocycles. The van der Waals surface area contributed by atoms with Crippen LogP contribution in [0, 0.1) is 11.8 Å². The van der Waals surface area contributed by atoms with E-state index in [0.29, 0.717) is 0 Å². The van der Waals surface area contributed by atoms with E-state index in [1.165, 1.54) is 51.7 Å². The molecule has 1 saturated heterocycles. The monoisotopic (exact) mass is 452 g/mol. The highest BCUT2D eigenvalue weighted by Crippen LogP contribution is 2.28. The standard InChI is InChI=1S/C19H40N4.HI/c1-6-17(7-2)18-12-15-23(16-18)19(20-5)21-13-10-11-14-22(8-3)9-4;/h17-18H,6-16H2,1-5H3,(H,20,21);1H. The summed E-state index contributed by atoms with van der Waals surface area (Å²) in [6, 6.07) is 0. The van der Waals surface area contributed by atoms with Gasteiger partial charge < -0.3 is 15.1 Å². The zero-order valence-corrected chi connectivity index (χ0v) is 19.0. The van der Waals surface area contributed by atoms with Gasteiger partial charge in [-0.3, -0.25) is 4.99 Å². The summed E-state index contributed by atoms with van der Waals surface area (Å²) in [6.45, 7) is 16.1. The van der Waals surface area contributed by atoms with Gasteiger partial charge in [0.15, 0.2) is 5.96 Å². The van der Waals surface area contributed by atoms with Crippen molar-refractivity contribution in [2.45, 2.75) is 59.8 Å². The normalized spacial score (nSPS) is 18.4. The molecule has 0 aliphatic carbocycles. The smallest absolute Gasteiger partial charge is 0.193 e. The van der Waals surface area contributed by atoms with Crippen LogP contribution < -0.4 is 5.32 Å². The van der Waals surface area contributed by atoms with Gasteiger partial charge in [-0.15, -0.1) is 24.0 Å². The van der Waals surface area contributed by atoms with E-state index in [1.54, 1.807) is 0 Å². The third-order valence-corrected chi connectivity index (χ3v) is 5.53. The molecule has 0 saturated carbocycles. The average molecular weight is 452 g/mol. The van der Waals surface area contributed by atoms with Gasteiger partial charge in [0.2, 0.25) is 0 Å². The van der Waals surface area contributed by atoms with Gasteiger partial charge in [-0.2, -0.15) is 0 Å². The van der Waals surface area contributed by atoms with Crippen LogP contribution in [0.1, 0.15) is 59.8 Å². The Morgan fingerprint density at radius 2 is 1.83 bits per heavy atom. The predicted molar refractivity (Wildman–Crippen MR) is 118 cm³/mol. The molecule has 1 N–H and O–H groups in total. The van der Waals surface area contributed by atoms with Crippen molar-refractivity contribution in [1.29, 1.82) is 0 Å². The molecule has 0 spiro atoms. The summed E-state index contributed by atoms with van der Waals surface area (Å²) in [6.07, 6.45) is 6.44.